The molecule has 212 valence electrons. The van der Waals surface area contributed by atoms with Gasteiger partial charge in [-0.1, -0.05) is 121 Å². The number of benzene rings is 6. The monoisotopic (exact) mass is 592 g/mol. The standard InChI is InChI=1S/C42H28N2S/c1-3-13-26(14-4-1)28-17-8-11-21-35(28)44-36-22-12-9-18-29(36)31-23-32-38(25-37(31)44)45-39-24-34-41(30-19-7-10-20-33(30)43-34)40(42(32)39)27-15-5-2-6-16-27/h1-25,30,33,43H. The molecule has 2 nitrogen and oxygen atoms in total. The number of hydrogen-bond donors (Lipinski definition) is 1. The van der Waals surface area contributed by atoms with Gasteiger partial charge in [-0.15, -0.1) is 11.3 Å². The molecule has 0 radical (unpaired) electrons. The summed E-state index contributed by atoms with van der Waals surface area (Å²) in [5.41, 5.74) is 11.5. The number of rotatable bonds is 3. The van der Waals surface area contributed by atoms with E-state index in [0.717, 1.165) is 0 Å². The zero-order valence-corrected chi connectivity index (χ0v) is 25.3. The number of hydrogen-bond acceptors (Lipinski definition) is 2. The molecule has 2 aliphatic rings. The van der Waals surface area contributed by atoms with Crippen molar-refractivity contribution in [2.75, 3.05) is 5.32 Å². The number of nitrogens with zero attached hydrogens (tertiary/aromatic N) is 1. The average molecular weight is 593 g/mol. The van der Waals surface area contributed by atoms with Gasteiger partial charge in [-0.25, -0.2) is 0 Å². The predicted molar refractivity (Wildman–Crippen MR) is 193 cm³/mol. The molecule has 0 amide bonds. The van der Waals surface area contributed by atoms with Gasteiger partial charge < -0.3 is 9.88 Å². The highest BCUT2D eigenvalue weighted by Gasteiger charge is 2.34. The van der Waals surface area contributed by atoms with E-state index in [2.05, 4.69) is 162 Å². The van der Waals surface area contributed by atoms with Gasteiger partial charge in [0.15, 0.2) is 0 Å². The first kappa shape index (κ1) is 25.0. The van der Waals surface area contributed by atoms with Crippen LogP contribution in [-0.2, 0) is 0 Å². The summed E-state index contributed by atoms with van der Waals surface area (Å²) >= 11 is 1.91. The maximum absolute atomic E-state index is 3.85. The topological polar surface area (TPSA) is 17.0 Å². The molecular formula is C42H28N2S. The quantitative estimate of drug-likeness (QED) is 0.216. The van der Waals surface area contributed by atoms with E-state index >= 15 is 0 Å². The molecule has 8 aromatic rings. The van der Waals surface area contributed by atoms with Crippen molar-refractivity contribution in [3.63, 3.8) is 0 Å². The van der Waals surface area contributed by atoms with E-state index in [0.29, 0.717) is 12.0 Å². The molecule has 0 saturated carbocycles. The van der Waals surface area contributed by atoms with Crippen LogP contribution >= 0.6 is 11.3 Å². The molecule has 3 heterocycles. The zero-order valence-electron chi connectivity index (χ0n) is 24.4. The van der Waals surface area contributed by atoms with Gasteiger partial charge in [-0.2, -0.15) is 0 Å². The summed E-state index contributed by atoms with van der Waals surface area (Å²) in [5.74, 6) is 0.319. The third-order valence-electron chi connectivity index (χ3n) is 9.68. The molecule has 2 aromatic heterocycles. The third-order valence-corrected chi connectivity index (χ3v) is 10.8. The van der Waals surface area contributed by atoms with E-state index < -0.39 is 0 Å². The van der Waals surface area contributed by atoms with E-state index in [1.54, 1.807) is 0 Å². The second-order valence-electron chi connectivity index (χ2n) is 12.1. The largest absolute Gasteiger partial charge is 0.378 e. The SMILES string of the molecule is C1=CC2Nc3cc4sc5cc6c(cc5c4c(-c4ccccc4)c3C2C=C1)c1ccccc1n6-c1ccccc1-c1ccccc1. The van der Waals surface area contributed by atoms with Gasteiger partial charge in [0.25, 0.3) is 0 Å². The maximum Gasteiger partial charge on any atom is 0.0555 e. The number of fused-ring (bicyclic) bond motifs is 9. The summed E-state index contributed by atoms with van der Waals surface area (Å²) < 4.78 is 5.12. The molecule has 2 atom stereocenters. The molecule has 0 saturated heterocycles. The average Bonchev–Trinajstić information content (AvgIpc) is 3.75. The first-order valence-corrected chi connectivity index (χ1v) is 16.4. The van der Waals surface area contributed by atoms with Crippen LogP contribution in [0, 0.1) is 0 Å². The highest BCUT2D eigenvalue weighted by Crippen LogP contribution is 2.52. The van der Waals surface area contributed by atoms with E-state index in [9.17, 15) is 0 Å². The molecule has 1 aliphatic heterocycles. The minimum absolute atomic E-state index is 0.296. The molecule has 1 aliphatic carbocycles. The van der Waals surface area contributed by atoms with Crippen molar-refractivity contribution < 1.29 is 0 Å². The van der Waals surface area contributed by atoms with E-state index in [4.69, 9.17) is 0 Å². The summed E-state index contributed by atoms with van der Waals surface area (Å²) in [7, 11) is 0. The Labute approximate surface area is 265 Å². The fourth-order valence-electron chi connectivity index (χ4n) is 7.78. The first-order chi connectivity index (χ1) is 22.3. The van der Waals surface area contributed by atoms with Gasteiger partial charge in [0.1, 0.15) is 0 Å². The van der Waals surface area contributed by atoms with Crippen LogP contribution in [0.25, 0.3) is 69.9 Å². The van der Waals surface area contributed by atoms with Crippen LogP contribution in [0.2, 0.25) is 0 Å². The fraction of sp³-hybridized carbons (Fsp3) is 0.0476. The predicted octanol–water partition coefficient (Wildman–Crippen LogP) is 11.5. The number of para-hydroxylation sites is 2. The second kappa shape index (κ2) is 9.56. The minimum atomic E-state index is 0.296. The van der Waals surface area contributed by atoms with Crippen LogP contribution in [0.3, 0.4) is 0 Å². The van der Waals surface area contributed by atoms with Gasteiger partial charge in [0.2, 0.25) is 0 Å². The van der Waals surface area contributed by atoms with Gasteiger partial charge in [0.05, 0.1) is 22.8 Å². The molecule has 2 unspecified atom stereocenters. The van der Waals surface area contributed by atoms with E-state index in [1.165, 1.54) is 81.2 Å². The number of nitrogens with one attached hydrogen (secondary N) is 1. The van der Waals surface area contributed by atoms with Crippen LogP contribution in [-0.4, -0.2) is 10.6 Å². The van der Waals surface area contributed by atoms with Crippen LogP contribution in [0.5, 0.6) is 0 Å². The highest BCUT2D eigenvalue weighted by molar-refractivity contribution is 7.26. The van der Waals surface area contributed by atoms with Crippen molar-refractivity contribution in [1.82, 2.24) is 4.57 Å². The molecule has 10 rings (SSSR count). The summed E-state index contributed by atoms with van der Waals surface area (Å²) in [6.07, 6.45) is 9.04. The minimum Gasteiger partial charge on any atom is -0.378 e. The lowest BCUT2D eigenvalue weighted by Crippen LogP contribution is -2.17. The van der Waals surface area contributed by atoms with Gasteiger partial charge in [0, 0.05) is 48.1 Å². The lowest BCUT2D eigenvalue weighted by molar-refractivity contribution is 0.807. The fourth-order valence-corrected chi connectivity index (χ4v) is 8.95. The second-order valence-corrected chi connectivity index (χ2v) is 13.2. The molecule has 45 heavy (non-hydrogen) atoms. The van der Waals surface area contributed by atoms with Gasteiger partial charge in [-0.05, 0) is 52.6 Å². The van der Waals surface area contributed by atoms with Crippen LogP contribution in [0.4, 0.5) is 5.69 Å². The Kier molecular flexibility index (Phi) is 5.31. The van der Waals surface area contributed by atoms with Crippen LogP contribution in [0.15, 0.2) is 152 Å². The van der Waals surface area contributed by atoms with Crippen molar-refractivity contribution in [1.29, 1.82) is 0 Å². The molecule has 6 aromatic carbocycles. The van der Waals surface area contributed by atoms with Crippen LogP contribution < -0.4 is 5.32 Å². The van der Waals surface area contributed by atoms with Crippen molar-refractivity contribution >= 4 is 59.0 Å². The molecule has 0 bridgehead atoms. The Hall–Kier alpha value is -5.38. The number of anilines is 1. The normalized spacial score (nSPS) is 16.9. The lowest BCUT2D eigenvalue weighted by Gasteiger charge is -2.18. The summed E-state index contributed by atoms with van der Waals surface area (Å²) in [4.78, 5) is 0. The molecule has 0 spiro atoms. The Morgan fingerprint density at radius 1 is 0.578 bits per heavy atom. The van der Waals surface area contributed by atoms with Gasteiger partial charge >= 0.3 is 0 Å². The zero-order chi connectivity index (χ0) is 29.5. The lowest BCUT2D eigenvalue weighted by atomic mass is 9.84. The molecule has 0 fully saturated rings. The van der Waals surface area contributed by atoms with Gasteiger partial charge in [-0.3, -0.25) is 0 Å². The molecular weight excluding hydrogens is 565 g/mol. The summed E-state index contributed by atoms with van der Waals surface area (Å²) in [6, 6.07) is 47.0. The Bertz CT molecular complexity index is 2510. The smallest absolute Gasteiger partial charge is 0.0555 e. The van der Waals surface area contributed by atoms with Crippen LogP contribution in [0.1, 0.15) is 11.5 Å². The van der Waals surface area contributed by atoms with Crippen molar-refractivity contribution in [3.05, 3.63) is 157 Å². The third kappa shape index (κ3) is 3.62. The highest BCUT2D eigenvalue weighted by atomic mass is 32.1. The molecule has 3 heteroatoms. The Morgan fingerprint density at radius 3 is 2.18 bits per heavy atom. The maximum atomic E-state index is 3.85. The first-order valence-electron chi connectivity index (χ1n) is 15.6. The number of aromatic nitrogens is 1. The summed E-state index contributed by atoms with van der Waals surface area (Å²) in [6.45, 7) is 0. The summed E-state index contributed by atoms with van der Waals surface area (Å²) in [5, 5.41) is 9.12. The molecule has 1 N–H and O–H groups in total. The van der Waals surface area contributed by atoms with E-state index in [-0.39, 0.29) is 0 Å². The Balaban J connectivity index is 1.32. The number of thiophene rings is 1. The number of allylic oxidation sites excluding steroid dienone is 2. The van der Waals surface area contributed by atoms with E-state index in [1.807, 2.05) is 11.3 Å². The van der Waals surface area contributed by atoms with Crippen molar-refractivity contribution in [2.45, 2.75) is 12.0 Å². The van der Waals surface area contributed by atoms with Crippen molar-refractivity contribution in [2.24, 2.45) is 0 Å². The van der Waals surface area contributed by atoms with Crippen molar-refractivity contribution in [3.8, 4) is 27.9 Å². The Morgan fingerprint density at radius 2 is 1.31 bits per heavy atom.